The van der Waals surface area contributed by atoms with Crippen LogP contribution in [0.2, 0.25) is 0 Å². The molecule has 21 N–H and O–H groups in total. The molecule has 108 heavy (non-hydrogen) atoms. The topological polar surface area (TPSA) is 507 Å². The lowest BCUT2D eigenvalue weighted by Crippen LogP contribution is -2.65. The highest BCUT2D eigenvalue weighted by molar-refractivity contribution is 8.77. The number of hydrogen-bond donors (Lipinski definition) is 18. The van der Waals surface area contributed by atoms with Crippen LogP contribution in [-0.4, -0.2) is 209 Å². The van der Waals surface area contributed by atoms with Gasteiger partial charge < -0.3 is 101 Å². The Morgan fingerprint density at radius 3 is 1.28 bits per heavy atom. The Kier molecular flexibility index (Phi) is 29.1. The monoisotopic (exact) mass is 1520 g/mol. The molecule has 3 aliphatic heterocycles. The molecule has 576 valence electrons. The summed E-state index contributed by atoms with van der Waals surface area (Å²) < 4.78 is 0. The minimum absolute atomic E-state index is 0.0150. The van der Waals surface area contributed by atoms with E-state index in [0.717, 1.165) is 21.6 Å². The van der Waals surface area contributed by atoms with Crippen molar-refractivity contribution in [2.45, 2.75) is 175 Å². The molecule has 0 aliphatic carbocycles. The standard InChI is InChI=1S/C73H95N21O12S2/c1-41-61(95)84-51(21-9-12-25-74)62(96)85-52(22-10-13-26-75)63(97)86-53(23-11-14-27-76)64(98)88-56(31-44-35-80-50-20-8-6-18-48(44)50)69(103)93-72-73(106)94-28-24-60(94)71(105)91-58(33-46-37-78-40-82-46)68(102)87-54(29-42-15-3-2-4-16-42)65(99)90-57(32-45-36-77-39-81-45)67(101)89-55(30-43-34-79-49-19-7-5-17-47(43)49)66(100)92-59(38-107-108-72)70(104)83-41/h2-8,15-20,34-37,39-41,51-60,72,79-80H,9-14,21-33,38,74-76H2,1H3,(H,77,81)(H,78,82)(H,83,104)(H,84,95)(H,85,96)(H,86,97)(H,87,102)(H,88,98)(H,89,101)(H,90,99)(H,91,105)(H,92,100)(H,93,103)/t41-,51-,52-,53-,54+,55-,56-,57-,58-,59-,60-,72-/m0/s1. The molecule has 0 unspecified atom stereocenters. The van der Waals surface area contributed by atoms with Crippen LogP contribution in [0.15, 0.2) is 116 Å². The van der Waals surface area contributed by atoms with E-state index in [0.29, 0.717) is 88.4 Å². The van der Waals surface area contributed by atoms with Crippen molar-refractivity contribution in [1.29, 1.82) is 0 Å². The Morgan fingerprint density at radius 1 is 0.417 bits per heavy atom. The van der Waals surface area contributed by atoms with Gasteiger partial charge in [-0.25, -0.2) is 9.97 Å². The molecule has 7 heterocycles. The number of nitrogens with zero attached hydrogens (tertiary/aromatic N) is 3. The fourth-order valence-corrected chi connectivity index (χ4v) is 15.5. The van der Waals surface area contributed by atoms with Gasteiger partial charge in [0.25, 0.3) is 5.91 Å². The maximum Gasteiger partial charge on any atom is 0.257 e. The highest BCUT2D eigenvalue weighted by atomic mass is 33.1. The molecule has 2 bridgehead atoms. The molecule has 7 aromatic rings. The second kappa shape index (κ2) is 39.3. The first-order valence-electron chi connectivity index (χ1n) is 36.4. The molecule has 3 fully saturated rings. The Bertz CT molecular complexity index is 4260. The molecular weight excluding hydrogens is 1430 g/mol. The van der Waals surface area contributed by atoms with Crippen LogP contribution in [0.3, 0.4) is 0 Å². The first-order chi connectivity index (χ1) is 52.3. The van der Waals surface area contributed by atoms with Crippen LogP contribution < -0.4 is 75.7 Å². The lowest BCUT2D eigenvalue weighted by Gasteiger charge is -2.42. The second-order valence-corrected chi connectivity index (χ2v) is 29.6. The van der Waals surface area contributed by atoms with Crippen molar-refractivity contribution in [3.05, 3.63) is 144 Å². The first-order valence-corrected chi connectivity index (χ1v) is 38.8. The molecule has 0 saturated carbocycles. The molecule has 3 aromatic carbocycles. The van der Waals surface area contributed by atoms with E-state index in [1.807, 2.05) is 24.3 Å². The first kappa shape index (κ1) is 79.9. The van der Waals surface area contributed by atoms with Gasteiger partial charge in [-0.15, -0.1) is 0 Å². The zero-order valence-electron chi connectivity index (χ0n) is 59.8. The second-order valence-electron chi connectivity index (χ2n) is 27.1. The highest BCUT2D eigenvalue weighted by Crippen LogP contribution is 2.32. The SMILES string of the molecule is C[C@@H]1NC(=O)[C@@H]2CSS[C@H](NC(=O)[C@H](Cc3c[nH]c4ccccc34)NC(=O)[C@H](CCCCN)NC(=O)[C@H](CCCCN)NC(=O)[C@H](CCCCN)NC1=O)C(=O)N1CC[C@H]1C(=O)N[C@@H](Cc1c[nH]cn1)C(=O)N[C@H](Cc1ccccc1)C(=O)N[C@@H](Cc1c[nH]cn1)C(=O)N[C@@H](Cc1c[nH]c3ccccc13)C(=O)N2. The summed E-state index contributed by atoms with van der Waals surface area (Å²) in [6, 6.07) is 7.22. The third-order valence-corrected chi connectivity index (χ3v) is 21.7. The van der Waals surface area contributed by atoms with E-state index in [-0.39, 0.29) is 84.0 Å². The summed E-state index contributed by atoms with van der Waals surface area (Å²) in [4.78, 5) is 204. The molecule has 3 aliphatic rings. The zero-order valence-corrected chi connectivity index (χ0v) is 61.5. The Balaban J connectivity index is 1.09. The molecule has 35 heteroatoms. The van der Waals surface area contributed by atoms with E-state index in [1.54, 1.807) is 67.0 Å². The van der Waals surface area contributed by atoms with E-state index >= 15 is 38.4 Å². The number of nitrogens with one attached hydrogen (secondary N) is 15. The summed E-state index contributed by atoms with van der Waals surface area (Å²) in [5.41, 5.74) is 21.5. The van der Waals surface area contributed by atoms with Gasteiger partial charge >= 0.3 is 0 Å². The van der Waals surface area contributed by atoms with Gasteiger partial charge in [0.05, 0.1) is 24.0 Å². The van der Waals surface area contributed by atoms with Crippen LogP contribution in [-0.2, 0) is 89.6 Å². The average molecular weight is 1520 g/mol. The number of carbonyl (C=O) groups excluding carboxylic acids is 12. The van der Waals surface area contributed by atoms with Crippen LogP contribution in [0.4, 0.5) is 0 Å². The third kappa shape index (κ3) is 21.8. The maximum atomic E-state index is 15.6. The van der Waals surface area contributed by atoms with Crippen molar-refractivity contribution in [3.8, 4) is 0 Å². The summed E-state index contributed by atoms with van der Waals surface area (Å²) in [6.07, 6.45) is 10.5. The summed E-state index contributed by atoms with van der Waals surface area (Å²) >= 11 is 0. The number of nitrogens with two attached hydrogens (primary N) is 3. The van der Waals surface area contributed by atoms with Crippen molar-refractivity contribution in [1.82, 2.24) is 93.3 Å². The Morgan fingerprint density at radius 2 is 0.824 bits per heavy atom. The third-order valence-electron chi connectivity index (χ3n) is 19.2. The van der Waals surface area contributed by atoms with E-state index < -0.39 is 148 Å². The van der Waals surface area contributed by atoms with Crippen molar-refractivity contribution >= 4 is 114 Å². The number of fused-ring (bicyclic) bond motifs is 7. The highest BCUT2D eigenvalue weighted by Gasteiger charge is 2.44. The number of rotatable bonds is 22. The molecule has 12 atom stereocenters. The minimum Gasteiger partial charge on any atom is -0.361 e. The smallest absolute Gasteiger partial charge is 0.257 e. The zero-order chi connectivity index (χ0) is 76.6. The molecular formula is C73H95N21O12S2. The lowest BCUT2D eigenvalue weighted by atomic mass is 10.00. The van der Waals surface area contributed by atoms with Gasteiger partial charge in [0.15, 0.2) is 5.37 Å². The van der Waals surface area contributed by atoms with Crippen LogP contribution in [0, 0.1) is 0 Å². The van der Waals surface area contributed by atoms with Crippen LogP contribution in [0.5, 0.6) is 0 Å². The lowest BCUT2D eigenvalue weighted by molar-refractivity contribution is -0.149. The largest absolute Gasteiger partial charge is 0.361 e. The number of hydrogen-bond acceptors (Lipinski definition) is 19. The predicted molar refractivity (Wildman–Crippen MR) is 405 cm³/mol. The summed E-state index contributed by atoms with van der Waals surface area (Å²) in [5, 5.41) is 30.5. The number of imidazole rings is 2. The molecule has 33 nitrogen and oxygen atoms in total. The molecule has 0 spiro atoms. The van der Waals surface area contributed by atoms with E-state index in [4.69, 9.17) is 17.2 Å². The number of amides is 12. The number of aromatic amines is 4. The van der Waals surface area contributed by atoms with Crippen molar-refractivity contribution < 1.29 is 57.5 Å². The van der Waals surface area contributed by atoms with Crippen LogP contribution in [0.1, 0.15) is 99.2 Å². The molecule has 10 rings (SSSR count). The molecule has 4 aromatic heterocycles. The van der Waals surface area contributed by atoms with Gasteiger partial charge in [0.2, 0.25) is 65.0 Å². The predicted octanol–water partition coefficient (Wildman–Crippen LogP) is -0.685. The fraction of sp³-hybridized carbons (Fsp3) is 0.452. The van der Waals surface area contributed by atoms with Crippen LogP contribution >= 0.6 is 21.6 Å². The molecule has 0 radical (unpaired) electrons. The Hall–Kier alpha value is -10.6. The number of H-pyrrole nitrogens is 4. The number of unbranched alkanes of at least 4 members (excludes halogenated alkanes) is 3. The number of aromatic nitrogens is 6. The quantitative estimate of drug-likeness (QED) is 0.0295. The van der Waals surface area contributed by atoms with Crippen LogP contribution in [0.25, 0.3) is 21.8 Å². The average Bonchev–Trinajstić information content (AvgIpc) is 1.15. The number of carbonyl (C=O) groups is 12. The van der Waals surface area contributed by atoms with Gasteiger partial charge in [0.1, 0.15) is 66.5 Å². The van der Waals surface area contributed by atoms with Gasteiger partial charge in [-0.1, -0.05) is 88.3 Å². The molecule has 3 saturated heterocycles. The number of para-hydroxylation sites is 2. The maximum absolute atomic E-state index is 15.6. The van der Waals surface area contributed by atoms with E-state index in [1.165, 1.54) is 36.9 Å². The van der Waals surface area contributed by atoms with Gasteiger partial charge in [-0.3, -0.25) is 57.5 Å². The molecule has 12 amide bonds. The normalized spacial score (nSPS) is 24.6. The van der Waals surface area contributed by atoms with E-state index in [9.17, 15) is 19.2 Å². The Labute approximate surface area is 630 Å². The number of benzene rings is 3. The summed E-state index contributed by atoms with van der Waals surface area (Å²) in [5.74, 6) is -10.8. The fourth-order valence-electron chi connectivity index (χ4n) is 13.1. The van der Waals surface area contributed by atoms with Crippen molar-refractivity contribution in [3.63, 3.8) is 0 Å². The van der Waals surface area contributed by atoms with Crippen molar-refractivity contribution in [2.75, 3.05) is 31.9 Å². The van der Waals surface area contributed by atoms with Gasteiger partial charge in [-0.2, -0.15) is 0 Å². The van der Waals surface area contributed by atoms with Crippen molar-refractivity contribution in [2.24, 2.45) is 17.2 Å². The van der Waals surface area contributed by atoms with Gasteiger partial charge in [-0.05, 0) is 120 Å². The summed E-state index contributed by atoms with van der Waals surface area (Å²) in [6.45, 7) is 2.02. The summed E-state index contributed by atoms with van der Waals surface area (Å²) in [7, 11) is 1.55. The van der Waals surface area contributed by atoms with E-state index in [2.05, 4.69) is 88.4 Å². The van der Waals surface area contributed by atoms with Gasteiger partial charge in [0, 0.05) is 91.0 Å². The minimum atomic E-state index is -1.68.